The fraction of sp³-hybridized carbons (Fsp3) is 0.571. The molecule has 1 aromatic rings. The van der Waals surface area contributed by atoms with E-state index in [0.717, 1.165) is 23.3 Å². The normalized spacial score (nSPS) is 19.4. The zero-order valence-corrected chi connectivity index (χ0v) is 13.6. The summed E-state index contributed by atoms with van der Waals surface area (Å²) in [5, 5.41) is 3.48. The molecule has 1 aliphatic heterocycles. The van der Waals surface area contributed by atoms with Gasteiger partial charge in [-0.05, 0) is 55.8 Å². The molecule has 0 bridgehead atoms. The Morgan fingerprint density at radius 3 is 2.85 bits per heavy atom. The second-order valence-electron chi connectivity index (χ2n) is 5.11. The Labute approximate surface area is 125 Å². The minimum absolute atomic E-state index is 0.358. The molecule has 112 valence electrons. The van der Waals surface area contributed by atoms with Gasteiger partial charge < -0.3 is 5.32 Å². The van der Waals surface area contributed by atoms with Crippen LogP contribution in [0.3, 0.4) is 0 Å². The Kier molecular flexibility index (Phi) is 5.49. The Bertz CT molecular complexity index is 552. The molecule has 1 heterocycles. The summed E-state index contributed by atoms with van der Waals surface area (Å²) >= 11 is 1.86. The number of sulfonamides is 1. The summed E-state index contributed by atoms with van der Waals surface area (Å²) in [5.41, 5.74) is 2.12. The van der Waals surface area contributed by atoms with E-state index in [1.807, 2.05) is 31.8 Å². The van der Waals surface area contributed by atoms with Gasteiger partial charge in [0.25, 0.3) is 0 Å². The van der Waals surface area contributed by atoms with E-state index in [9.17, 15) is 8.42 Å². The van der Waals surface area contributed by atoms with Crippen molar-refractivity contribution in [2.75, 3.05) is 19.3 Å². The van der Waals surface area contributed by atoms with Crippen LogP contribution in [0.25, 0.3) is 0 Å². The predicted octanol–water partition coefficient (Wildman–Crippen LogP) is 1.89. The third-order valence-electron chi connectivity index (χ3n) is 3.52. The molecule has 1 unspecified atom stereocenters. The summed E-state index contributed by atoms with van der Waals surface area (Å²) in [7, 11) is -1.54. The number of benzene rings is 1. The van der Waals surface area contributed by atoms with Gasteiger partial charge in [0.2, 0.25) is 10.0 Å². The van der Waals surface area contributed by atoms with Gasteiger partial charge in [-0.3, -0.25) is 0 Å². The van der Waals surface area contributed by atoms with Crippen LogP contribution in [0.15, 0.2) is 23.1 Å². The first-order chi connectivity index (χ1) is 9.53. The predicted molar refractivity (Wildman–Crippen MR) is 84.6 cm³/mol. The van der Waals surface area contributed by atoms with E-state index in [1.54, 1.807) is 12.1 Å². The van der Waals surface area contributed by atoms with E-state index >= 15 is 0 Å². The smallest absolute Gasteiger partial charge is 0.240 e. The highest BCUT2D eigenvalue weighted by molar-refractivity contribution is 8.00. The quantitative estimate of drug-likeness (QED) is 0.842. The van der Waals surface area contributed by atoms with Crippen LogP contribution in [0, 0.1) is 6.92 Å². The van der Waals surface area contributed by atoms with Gasteiger partial charge in [0, 0.05) is 18.3 Å². The highest BCUT2D eigenvalue weighted by atomic mass is 32.2. The minimum Gasteiger partial charge on any atom is -0.316 e. The first-order valence-corrected chi connectivity index (χ1v) is 9.41. The van der Waals surface area contributed by atoms with E-state index in [4.69, 9.17) is 0 Å². The van der Waals surface area contributed by atoms with Crippen LogP contribution < -0.4 is 10.0 Å². The third kappa shape index (κ3) is 3.97. The molecular weight excluding hydrogens is 292 g/mol. The van der Waals surface area contributed by atoms with Crippen molar-refractivity contribution in [2.45, 2.75) is 36.5 Å². The molecule has 2 rings (SSSR count). The van der Waals surface area contributed by atoms with Crippen LogP contribution in [0.5, 0.6) is 0 Å². The van der Waals surface area contributed by atoms with Crippen LogP contribution in [-0.2, 0) is 16.6 Å². The maximum absolute atomic E-state index is 12.3. The molecule has 4 nitrogen and oxygen atoms in total. The van der Waals surface area contributed by atoms with Gasteiger partial charge in [-0.2, -0.15) is 11.8 Å². The van der Waals surface area contributed by atoms with Gasteiger partial charge in [-0.15, -0.1) is 0 Å². The summed E-state index contributed by atoms with van der Waals surface area (Å²) in [6.45, 7) is 3.20. The molecule has 0 radical (unpaired) electrons. The molecular formula is C14H22N2O2S2. The summed E-state index contributed by atoms with van der Waals surface area (Å²) in [6, 6.07) is 5.31. The summed E-state index contributed by atoms with van der Waals surface area (Å²) in [5.74, 6) is 1.14. The highest BCUT2D eigenvalue weighted by Gasteiger charge is 2.20. The lowest BCUT2D eigenvalue weighted by Crippen LogP contribution is -2.30. The average molecular weight is 314 g/mol. The maximum Gasteiger partial charge on any atom is 0.240 e. The fourth-order valence-electron chi connectivity index (χ4n) is 2.29. The SMILES string of the molecule is CNCc1cc(S(=O)(=O)NCC2CCCS2)ccc1C. The Hall–Kier alpha value is -0.560. The van der Waals surface area contributed by atoms with E-state index in [1.165, 1.54) is 6.42 Å². The molecule has 2 N–H and O–H groups in total. The third-order valence-corrected chi connectivity index (χ3v) is 6.34. The van der Waals surface area contributed by atoms with Gasteiger partial charge in [0.15, 0.2) is 0 Å². The summed E-state index contributed by atoms with van der Waals surface area (Å²) in [4.78, 5) is 0.358. The topological polar surface area (TPSA) is 58.2 Å². The van der Waals surface area contributed by atoms with Crippen LogP contribution >= 0.6 is 11.8 Å². The van der Waals surface area contributed by atoms with Crippen molar-refractivity contribution >= 4 is 21.8 Å². The molecule has 0 saturated carbocycles. The first-order valence-electron chi connectivity index (χ1n) is 6.88. The van der Waals surface area contributed by atoms with Crippen molar-refractivity contribution < 1.29 is 8.42 Å². The number of rotatable bonds is 6. The zero-order valence-electron chi connectivity index (χ0n) is 12.0. The van der Waals surface area contributed by atoms with Crippen molar-refractivity contribution in [3.8, 4) is 0 Å². The van der Waals surface area contributed by atoms with Crippen molar-refractivity contribution in [2.24, 2.45) is 0 Å². The van der Waals surface area contributed by atoms with Crippen molar-refractivity contribution in [3.63, 3.8) is 0 Å². The summed E-state index contributed by atoms with van der Waals surface area (Å²) < 4.78 is 27.4. The number of nitrogens with one attached hydrogen (secondary N) is 2. The molecule has 6 heteroatoms. The van der Waals surface area contributed by atoms with Gasteiger partial charge in [0.1, 0.15) is 0 Å². The fourth-order valence-corrected chi connectivity index (χ4v) is 4.73. The largest absolute Gasteiger partial charge is 0.316 e. The number of hydrogen-bond donors (Lipinski definition) is 2. The standard InChI is InChI=1S/C14H22N2O2S2/c1-11-5-6-14(8-12(11)9-15-2)20(17,18)16-10-13-4-3-7-19-13/h5-6,8,13,15-16H,3-4,7,9-10H2,1-2H3. The molecule has 0 aliphatic carbocycles. The van der Waals surface area contributed by atoms with Gasteiger partial charge in [-0.1, -0.05) is 6.07 Å². The van der Waals surface area contributed by atoms with Gasteiger partial charge in [0.05, 0.1) is 4.90 Å². The molecule has 1 atom stereocenters. The van der Waals surface area contributed by atoms with Crippen LogP contribution in [0.1, 0.15) is 24.0 Å². The van der Waals surface area contributed by atoms with Gasteiger partial charge >= 0.3 is 0 Å². The van der Waals surface area contributed by atoms with Crippen LogP contribution in [-0.4, -0.2) is 33.0 Å². The Morgan fingerprint density at radius 1 is 1.40 bits per heavy atom. The molecule has 1 aliphatic rings. The number of thioether (sulfide) groups is 1. The van der Waals surface area contributed by atoms with E-state index in [-0.39, 0.29) is 0 Å². The molecule has 0 spiro atoms. The lowest BCUT2D eigenvalue weighted by atomic mass is 10.1. The van der Waals surface area contributed by atoms with Crippen LogP contribution in [0.2, 0.25) is 0 Å². The molecule has 0 amide bonds. The molecule has 0 aromatic heterocycles. The molecule has 1 aromatic carbocycles. The first kappa shape index (κ1) is 15.8. The zero-order chi connectivity index (χ0) is 14.6. The van der Waals surface area contributed by atoms with Crippen molar-refractivity contribution in [1.29, 1.82) is 0 Å². The van der Waals surface area contributed by atoms with Crippen LogP contribution in [0.4, 0.5) is 0 Å². The lowest BCUT2D eigenvalue weighted by Gasteiger charge is -2.13. The van der Waals surface area contributed by atoms with E-state index in [2.05, 4.69) is 10.0 Å². The highest BCUT2D eigenvalue weighted by Crippen LogP contribution is 2.25. The van der Waals surface area contributed by atoms with Crippen molar-refractivity contribution in [3.05, 3.63) is 29.3 Å². The van der Waals surface area contributed by atoms with Gasteiger partial charge in [-0.25, -0.2) is 13.1 Å². The molecule has 1 saturated heterocycles. The lowest BCUT2D eigenvalue weighted by molar-refractivity contribution is 0.579. The molecule has 20 heavy (non-hydrogen) atoms. The van der Waals surface area contributed by atoms with E-state index in [0.29, 0.717) is 23.2 Å². The monoisotopic (exact) mass is 314 g/mol. The average Bonchev–Trinajstić information content (AvgIpc) is 2.92. The second kappa shape index (κ2) is 6.93. The Morgan fingerprint density at radius 2 is 2.20 bits per heavy atom. The summed E-state index contributed by atoms with van der Waals surface area (Å²) in [6.07, 6.45) is 2.29. The second-order valence-corrected chi connectivity index (χ2v) is 8.28. The van der Waals surface area contributed by atoms with E-state index < -0.39 is 10.0 Å². The maximum atomic E-state index is 12.3. The Balaban J connectivity index is 2.09. The minimum atomic E-state index is -3.40. The van der Waals surface area contributed by atoms with Crippen molar-refractivity contribution in [1.82, 2.24) is 10.0 Å². The number of hydrogen-bond acceptors (Lipinski definition) is 4. The number of aryl methyl sites for hydroxylation is 1. The molecule has 1 fully saturated rings.